The number of nitrogens with two attached hydrogens (primary N) is 1. The zero-order valence-corrected chi connectivity index (χ0v) is 20.9. The van der Waals surface area contributed by atoms with Crippen molar-refractivity contribution in [1.82, 2.24) is 24.9 Å². The van der Waals surface area contributed by atoms with Crippen LogP contribution in [-0.2, 0) is 0 Å². The van der Waals surface area contributed by atoms with Crippen LogP contribution in [0, 0.1) is 11.3 Å². The number of carbonyl (C=O) groups is 1. The summed E-state index contributed by atoms with van der Waals surface area (Å²) in [5.74, 6) is 1.10. The fourth-order valence-corrected chi connectivity index (χ4v) is 4.74. The van der Waals surface area contributed by atoms with Gasteiger partial charge in [-0.2, -0.15) is 10.4 Å². The molecule has 11 heteroatoms. The Kier molecular flexibility index (Phi) is 6.90. The molecule has 1 aliphatic heterocycles. The zero-order chi connectivity index (χ0) is 25.9. The molecule has 5 rings (SSSR count). The summed E-state index contributed by atoms with van der Waals surface area (Å²) >= 11 is 6.10. The fraction of sp³-hybridized carbons (Fsp3) is 0.269. The number of nitrogens with one attached hydrogen (secondary N) is 1. The van der Waals surface area contributed by atoms with Crippen LogP contribution in [0.3, 0.4) is 0 Å². The molecule has 1 aliphatic rings. The SMILES string of the molecule is CCOc1cc(-c2ccc(N3CC[C@H](NC(=O)c4ncccc4Cl)[C@@H](N)C3)nc2)c2c(C#N)cnn2c1. The fourth-order valence-electron chi connectivity index (χ4n) is 4.54. The van der Waals surface area contributed by atoms with Gasteiger partial charge in [-0.25, -0.2) is 14.5 Å². The Hall–Kier alpha value is -4.20. The number of hydrogen-bond donors (Lipinski definition) is 2. The second-order valence-corrected chi connectivity index (χ2v) is 9.11. The van der Waals surface area contributed by atoms with Crippen molar-refractivity contribution in [3.8, 4) is 22.9 Å². The second kappa shape index (κ2) is 10.4. The van der Waals surface area contributed by atoms with Gasteiger partial charge in [0.05, 0.1) is 35.1 Å². The van der Waals surface area contributed by atoms with Crippen LogP contribution in [0.15, 0.2) is 55.1 Å². The molecule has 1 fully saturated rings. The number of halogens is 1. The number of ether oxygens (including phenoxy) is 1. The van der Waals surface area contributed by atoms with Crippen LogP contribution < -0.4 is 20.7 Å². The first-order valence-electron chi connectivity index (χ1n) is 11.9. The molecule has 37 heavy (non-hydrogen) atoms. The zero-order valence-electron chi connectivity index (χ0n) is 20.1. The Bertz CT molecular complexity index is 1480. The number of hydrogen-bond acceptors (Lipinski definition) is 8. The van der Waals surface area contributed by atoms with E-state index in [1.807, 2.05) is 25.1 Å². The van der Waals surface area contributed by atoms with Crippen molar-refractivity contribution in [2.24, 2.45) is 5.73 Å². The number of anilines is 1. The average molecular weight is 517 g/mol. The summed E-state index contributed by atoms with van der Waals surface area (Å²) in [7, 11) is 0. The number of rotatable bonds is 6. The monoisotopic (exact) mass is 516 g/mol. The third kappa shape index (κ3) is 4.91. The molecule has 1 saturated heterocycles. The Labute approximate surface area is 218 Å². The first-order valence-corrected chi connectivity index (χ1v) is 12.3. The highest BCUT2D eigenvalue weighted by Crippen LogP contribution is 2.31. The molecule has 0 aliphatic carbocycles. The predicted molar refractivity (Wildman–Crippen MR) is 140 cm³/mol. The molecular formula is C26H25ClN8O2. The van der Waals surface area contributed by atoms with E-state index in [-0.39, 0.29) is 23.7 Å². The largest absolute Gasteiger partial charge is 0.492 e. The topological polar surface area (TPSA) is 134 Å². The smallest absolute Gasteiger partial charge is 0.271 e. The van der Waals surface area contributed by atoms with Gasteiger partial charge < -0.3 is 20.7 Å². The minimum atomic E-state index is -0.334. The van der Waals surface area contributed by atoms with Gasteiger partial charge in [-0.3, -0.25) is 4.79 Å². The van der Waals surface area contributed by atoms with Crippen molar-refractivity contribution in [1.29, 1.82) is 5.26 Å². The molecule has 0 aromatic carbocycles. The maximum absolute atomic E-state index is 12.6. The molecule has 4 aromatic heterocycles. The first-order chi connectivity index (χ1) is 18.0. The first kappa shape index (κ1) is 24.5. The van der Waals surface area contributed by atoms with Crippen molar-refractivity contribution in [2.45, 2.75) is 25.4 Å². The summed E-state index contributed by atoms with van der Waals surface area (Å²) in [6.07, 6.45) is 7.26. The third-order valence-corrected chi connectivity index (χ3v) is 6.65. The van der Waals surface area contributed by atoms with Crippen LogP contribution in [0.4, 0.5) is 5.82 Å². The van der Waals surface area contributed by atoms with Gasteiger partial charge in [-0.15, -0.1) is 0 Å². The van der Waals surface area contributed by atoms with Crippen LogP contribution >= 0.6 is 11.6 Å². The van der Waals surface area contributed by atoms with E-state index in [4.69, 9.17) is 22.1 Å². The lowest BCUT2D eigenvalue weighted by atomic mass is 9.99. The lowest BCUT2D eigenvalue weighted by Crippen LogP contribution is -2.58. The summed E-state index contributed by atoms with van der Waals surface area (Å²) in [6, 6.07) is 10.8. The Morgan fingerprint density at radius 1 is 1.32 bits per heavy atom. The van der Waals surface area contributed by atoms with E-state index in [0.29, 0.717) is 48.0 Å². The van der Waals surface area contributed by atoms with Crippen LogP contribution in [0.2, 0.25) is 5.02 Å². The molecule has 0 radical (unpaired) electrons. The second-order valence-electron chi connectivity index (χ2n) is 8.70. The molecule has 0 saturated carbocycles. The summed E-state index contributed by atoms with van der Waals surface area (Å²) < 4.78 is 7.35. The third-order valence-electron chi connectivity index (χ3n) is 6.35. The van der Waals surface area contributed by atoms with Gasteiger partial charge in [0.25, 0.3) is 5.91 Å². The molecule has 0 spiro atoms. The van der Waals surface area contributed by atoms with Crippen molar-refractivity contribution in [2.75, 3.05) is 24.6 Å². The van der Waals surface area contributed by atoms with Gasteiger partial charge in [0.2, 0.25) is 0 Å². The summed E-state index contributed by atoms with van der Waals surface area (Å²) in [4.78, 5) is 23.5. The molecule has 5 heterocycles. The number of pyridine rings is 3. The van der Waals surface area contributed by atoms with Crippen LogP contribution in [0.25, 0.3) is 16.6 Å². The van der Waals surface area contributed by atoms with Crippen molar-refractivity contribution in [3.05, 3.63) is 71.4 Å². The number of nitrogens with zero attached hydrogens (tertiary/aromatic N) is 6. The minimum absolute atomic E-state index is 0.191. The Balaban J connectivity index is 1.32. The molecule has 4 aromatic rings. The van der Waals surface area contributed by atoms with Crippen LogP contribution in [-0.4, -0.2) is 57.3 Å². The lowest BCUT2D eigenvalue weighted by Gasteiger charge is -2.37. The van der Waals surface area contributed by atoms with E-state index < -0.39 is 0 Å². The van der Waals surface area contributed by atoms with Crippen molar-refractivity contribution < 1.29 is 9.53 Å². The van der Waals surface area contributed by atoms with Gasteiger partial charge in [0.1, 0.15) is 23.3 Å². The van der Waals surface area contributed by atoms with Gasteiger partial charge in [-0.1, -0.05) is 11.6 Å². The Morgan fingerprint density at radius 3 is 2.89 bits per heavy atom. The number of amides is 1. The van der Waals surface area contributed by atoms with E-state index in [1.54, 1.807) is 35.2 Å². The number of fused-ring (bicyclic) bond motifs is 1. The number of carbonyl (C=O) groups excluding carboxylic acids is 1. The molecule has 1 amide bonds. The molecule has 3 N–H and O–H groups in total. The Morgan fingerprint density at radius 2 is 2.19 bits per heavy atom. The quantitative estimate of drug-likeness (QED) is 0.399. The molecule has 0 unspecified atom stereocenters. The van der Waals surface area contributed by atoms with E-state index in [2.05, 4.69) is 31.4 Å². The molecule has 0 bridgehead atoms. The van der Waals surface area contributed by atoms with E-state index in [1.165, 1.54) is 6.20 Å². The summed E-state index contributed by atoms with van der Waals surface area (Å²) in [5.41, 5.74) is 9.45. The number of piperidine rings is 1. The normalized spacial score (nSPS) is 17.4. The highest BCUT2D eigenvalue weighted by molar-refractivity contribution is 6.33. The molecule has 188 valence electrons. The lowest BCUT2D eigenvalue weighted by molar-refractivity contribution is 0.0921. The minimum Gasteiger partial charge on any atom is -0.492 e. The standard InChI is InChI=1S/C26H25ClN8O2/c1-2-37-18-10-19(25-17(11-28)13-32-35(25)14-18)16-5-6-23(31-12-16)34-9-7-22(21(29)15-34)33-26(36)24-20(27)4-3-8-30-24/h3-6,8,10,12-14,21-22H,2,7,9,15,29H2,1H3,(H,33,36)/t21-,22-/m0/s1. The summed E-state index contributed by atoms with van der Waals surface area (Å²) in [6.45, 7) is 3.63. The molecule has 2 atom stereocenters. The van der Waals surface area contributed by atoms with Gasteiger partial charge in [-0.05, 0) is 43.7 Å². The molecular weight excluding hydrogens is 492 g/mol. The number of aromatic nitrogens is 4. The van der Waals surface area contributed by atoms with Gasteiger partial charge >= 0.3 is 0 Å². The predicted octanol–water partition coefficient (Wildman–Crippen LogP) is 3.05. The van der Waals surface area contributed by atoms with Crippen LogP contribution in [0.1, 0.15) is 29.4 Å². The maximum atomic E-state index is 12.6. The average Bonchev–Trinajstić information content (AvgIpc) is 3.33. The van der Waals surface area contributed by atoms with Crippen molar-refractivity contribution >= 4 is 28.8 Å². The molecule has 10 nitrogen and oxygen atoms in total. The highest BCUT2D eigenvalue weighted by atomic mass is 35.5. The highest BCUT2D eigenvalue weighted by Gasteiger charge is 2.29. The van der Waals surface area contributed by atoms with Gasteiger partial charge in [0, 0.05) is 48.7 Å². The summed E-state index contributed by atoms with van der Waals surface area (Å²) in [5, 5.41) is 17.1. The van der Waals surface area contributed by atoms with E-state index in [9.17, 15) is 10.1 Å². The van der Waals surface area contributed by atoms with Gasteiger partial charge in [0.15, 0.2) is 0 Å². The number of nitriles is 1. The van der Waals surface area contributed by atoms with E-state index >= 15 is 0 Å². The maximum Gasteiger partial charge on any atom is 0.271 e. The van der Waals surface area contributed by atoms with E-state index in [0.717, 1.165) is 16.9 Å². The van der Waals surface area contributed by atoms with Crippen molar-refractivity contribution in [3.63, 3.8) is 0 Å². The van der Waals surface area contributed by atoms with Crippen LogP contribution in [0.5, 0.6) is 5.75 Å².